The largest absolute Gasteiger partial charge is 0.475 e. The molecule has 2 heterocycles. The van der Waals surface area contributed by atoms with E-state index in [2.05, 4.69) is 9.71 Å². The normalized spacial score (nSPS) is 13.3. The molecule has 2 aromatic rings. The fraction of sp³-hybridized carbons (Fsp3) is 0.333. The minimum absolute atomic E-state index is 0.0300. The monoisotopic (exact) mass is 330 g/mol. The zero-order valence-corrected chi connectivity index (χ0v) is 13.2. The van der Waals surface area contributed by atoms with Crippen molar-refractivity contribution in [2.24, 2.45) is 0 Å². The number of sulfonamides is 1. The molecule has 21 heavy (non-hydrogen) atoms. The Hall–Kier alpha value is -1.71. The second-order valence-corrected chi connectivity index (χ2v) is 7.44. The number of hydrogen-bond acceptors (Lipinski definition) is 6. The first-order chi connectivity index (χ1) is 9.70. The number of carboxylic acid groups (broad SMARTS) is 1. The first-order valence-electron chi connectivity index (χ1n) is 5.99. The molecule has 0 aliphatic heterocycles. The topological polar surface area (TPSA) is 110 Å². The van der Waals surface area contributed by atoms with Crippen molar-refractivity contribution in [1.82, 2.24) is 9.71 Å². The van der Waals surface area contributed by atoms with Gasteiger partial charge in [-0.2, -0.15) is 0 Å². The van der Waals surface area contributed by atoms with E-state index in [0.29, 0.717) is 5.01 Å². The van der Waals surface area contributed by atoms with E-state index >= 15 is 0 Å². The molecule has 114 valence electrons. The third-order valence-electron chi connectivity index (χ3n) is 2.71. The van der Waals surface area contributed by atoms with Crippen LogP contribution in [0, 0.1) is 13.8 Å². The smallest absolute Gasteiger partial charge is 0.371 e. The van der Waals surface area contributed by atoms with Crippen LogP contribution in [0.25, 0.3) is 0 Å². The van der Waals surface area contributed by atoms with Crippen molar-refractivity contribution in [3.63, 3.8) is 0 Å². The molecule has 0 fully saturated rings. The zero-order valence-electron chi connectivity index (χ0n) is 11.6. The lowest BCUT2D eigenvalue weighted by atomic mass is 10.4. The average Bonchev–Trinajstić information content (AvgIpc) is 2.95. The molecule has 9 heteroatoms. The Kier molecular flexibility index (Phi) is 4.17. The van der Waals surface area contributed by atoms with Crippen molar-refractivity contribution < 1.29 is 22.7 Å². The summed E-state index contributed by atoms with van der Waals surface area (Å²) < 4.78 is 32.0. The van der Waals surface area contributed by atoms with Crippen LogP contribution in [0.4, 0.5) is 0 Å². The summed E-state index contributed by atoms with van der Waals surface area (Å²) >= 11 is 1.39. The van der Waals surface area contributed by atoms with Gasteiger partial charge in [-0.15, -0.1) is 11.3 Å². The van der Waals surface area contributed by atoms with Crippen LogP contribution < -0.4 is 4.72 Å². The lowest BCUT2D eigenvalue weighted by molar-refractivity contribution is 0.0661. The average molecular weight is 330 g/mol. The highest BCUT2D eigenvalue weighted by Crippen LogP contribution is 2.24. The summed E-state index contributed by atoms with van der Waals surface area (Å²) in [5, 5.41) is 9.47. The van der Waals surface area contributed by atoms with Crippen LogP contribution in [0.2, 0.25) is 0 Å². The molecule has 0 aliphatic rings. The summed E-state index contributed by atoms with van der Waals surface area (Å²) in [6.07, 6.45) is 1.66. The molecule has 0 aliphatic carbocycles. The Morgan fingerprint density at radius 3 is 2.62 bits per heavy atom. The molecule has 0 bridgehead atoms. The summed E-state index contributed by atoms with van der Waals surface area (Å²) in [4.78, 5) is 15.7. The Morgan fingerprint density at radius 2 is 2.14 bits per heavy atom. The molecule has 0 spiro atoms. The maximum Gasteiger partial charge on any atom is 0.371 e. The predicted octanol–water partition coefficient (Wildman–Crippen LogP) is 2.09. The van der Waals surface area contributed by atoms with Gasteiger partial charge in [0.05, 0.1) is 6.04 Å². The maximum absolute atomic E-state index is 12.3. The highest BCUT2D eigenvalue weighted by molar-refractivity contribution is 7.89. The summed E-state index contributed by atoms with van der Waals surface area (Å²) in [7, 11) is -3.88. The number of hydrogen-bond donors (Lipinski definition) is 2. The molecule has 0 aromatic carbocycles. The standard InChI is InChI=1S/C12H14N2O5S2/c1-6-5-13-11(20-6)7(2)14-21(17,18)10-4-9(12(15)16)19-8(10)3/h4-5,7,14H,1-3H3,(H,15,16). The number of nitrogens with one attached hydrogen (secondary N) is 1. The Balaban J connectivity index is 2.28. The van der Waals surface area contributed by atoms with Crippen LogP contribution in [0.1, 0.15) is 39.2 Å². The SMILES string of the molecule is Cc1cnc(C(C)NS(=O)(=O)c2cc(C(=O)O)oc2C)s1. The van der Waals surface area contributed by atoms with Crippen LogP contribution in [0.3, 0.4) is 0 Å². The Labute approximate surface area is 125 Å². The minimum atomic E-state index is -3.88. The second-order valence-electron chi connectivity index (χ2n) is 4.49. The van der Waals surface area contributed by atoms with Gasteiger partial charge in [0, 0.05) is 17.1 Å². The molecule has 0 amide bonds. The highest BCUT2D eigenvalue weighted by Gasteiger charge is 2.26. The van der Waals surface area contributed by atoms with E-state index in [9.17, 15) is 13.2 Å². The van der Waals surface area contributed by atoms with Crippen LogP contribution >= 0.6 is 11.3 Å². The number of furan rings is 1. The molecule has 1 atom stereocenters. The quantitative estimate of drug-likeness (QED) is 0.868. The Morgan fingerprint density at radius 1 is 1.48 bits per heavy atom. The van der Waals surface area contributed by atoms with E-state index < -0.39 is 27.8 Å². The van der Waals surface area contributed by atoms with E-state index in [1.807, 2.05) is 6.92 Å². The number of rotatable bonds is 5. The van der Waals surface area contributed by atoms with E-state index in [4.69, 9.17) is 9.52 Å². The van der Waals surface area contributed by atoms with Gasteiger partial charge < -0.3 is 9.52 Å². The van der Waals surface area contributed by atoms with E-state index in [-0.39, 0.29) is 10.7 Å². The fourth-order valence-corrected chi connectivity index (χ4v) is 3.99. The molecule has 2 aromatic heterocycles. The first-order valence-corrected chi connectivity index (χ1v) is 8.29. The van der Waals surface area contributed by atoms with Crippen molar-refractivity contribution in [2.45, 2.75) is 31.7 Å². The van der Waals surface area contributed by atoms with Gasteiger partial charge in [-0.3, -0.25) is 0 Å². The number of carboxylic acids is 1. The summed E-state index contributed by atoms with van der Waals surface area (Å²) in [6, 6.07) is 0.482. The summed E-state index contributed by atoms with van der Waals surface area (Å²) in [5.74, 6) is -1.70. The van der Waals surface area contributed by atoms with E-state index in [0.717, 1.165) is 10.9 Å². The number of carbonyl (C=O) groups is 1. The zero-order chi connectivity index (χ0) is 15.8. The lowest BCUT2D eigenvalue weighted by Crippen LogP contribution is -2.27. The van der Waals surface area contributed by atoms with Crippen LogP contribution in [0.15, 0.2) is 21.6 Å². The number of aromatic nitrogens is 1. The number of aromatic carboxylic acids is 1. The number of aryl methyl sites for hydroxylation is 2. The van der Waals surface area contributed by atoms with Gasteiger partial charge >= 0.3 is 5.97 Å². The van der Waals surface area contributed by atoms with Crippen LogP contribution in [0.5, 0.6) is 0 Å². The third kappa shape index (κ3) is 3.31. The summed E-state index contributed by atoms with van der Waals surface area (Å²) in [6.45, 7) is 4.95. The molecule has 2 rings (SSSR count). The molecular formula is C12H14N2O5S2. The van der Waals surface area contributed by atoms with Gasteiger partial charge in [0.2, 0.25) is 15.8 Å². The van der Waals surface area contributed by atoms with Crippen molar-refractivity contribution in [3.05, 3.63) is 33.7 Å². The molecule has 0 radical (unpaired) electrons. The van der Waals surface area contributed by atoms with E-state index in [1.54, 1.807) is 13.1 Å². The van der Waals surface area contributed by atoms with Crippen molar-refractivity contribution in [1.29, 1.82) is 0 Å². The minimum Gasteiger partial charge on any atom is -0.475 e. The molecule has 0 saturated heterocycles. The number of nitrogens with zero attached hydrogens (tertiary/aromatic N) is 1. The molecule has 2 N–H and O–H groups in total. The van der Waals surface area contributed by atoms with E-state index in [1.165, 1.54) is 18.3 Å². The highest BCUT2D eigenvalue weighted by atomic mass is 32.2. The van der Waals surface area contributed by atoms with Crippen molar-refractivity contribution in [3.8, 4) is 0 Å². The maximum atomic E-state index is 12.3. The van der Waals surface area contributed by atoms with Crippen LogP contribution in [-0.2, 0) is 10.0 Å². The second kappa shape index (κ2) is 5.58. The fourth-order valence-electron chi connectivity index (χ4n) is 1.76. The van der Waals surface area contributed by atoms with Gasteiger partial charge in [-0.25, -0.2) is 22.9 Å². The predicted molar refractivity (Wildman–Crippen MR) is 76.0 cm³/mol. The molecular weight excluding hydrogens is 316 g/mol. The Bertz CT molecular complexity index is 775. The van der Waals surface area contributed by atoms with Gasteiger partial charge in [-0.1, -0.05) is 0 Å². The first kappa shape index (κ1) is 15.7. The van der Waals surface area contributed by atoms with Crippen LogP contribution in [-0.4, -0.2) is 24.5 Å². The molecule has 7 nitrogen and oxygen atoms in total. The van der Waals surface area contributed by atoms with Crippen molar-refractivity contribution in [2.75, 3.05) is 0 Å². The molecule has 0 saturated carbocycles. The van der Waals surface area contributed by atoms with Crippen molar-refractivity contribution >= 4 is 27.3 Å². The summed E-state index contributed by atoms with van der Waals surface area (Å²) in [5.41, 5.74) is 0. The molecule has 1 unspecified atom stereocenters. The van der Waals surface area contributed by atoms with Gasteiger partial charge in [0.15, 0.2) is 0 Å². The van der Waals surface area contributed by atoms with Gasteiger partial charge in [-0.05, 0) is 20.8 Å². The lowest BCUT2D eigenvalue weighted by Gasteiger charge is -2.11. The van der Waals surface area contributed by atoms with Gasteiger partial charge in [0.25, 0.3) is 0 Å². The third-order valence-corrected chi connectivity index (χ3v) is 5.46. The van der Waals surface area contributed by atoms with Gasteiger partial charge in [0.1, 0.15) is 15.7 Å². The number of thiazole rings is 1.